The fraction of sp³-hybridized carbons (Fsp3) is 0.200. The Bertz CT molecular complexity index is 251. The van der Waals surface area contributed by atoms with Gasteiger partial charge in [-0.15, -0.1) is 0 Å². The predicted molar refractivity (Wildman–Crippen MR) is 45.2 cm³/mol. The van der Waals surface area contributed by atoms with E-state index in [1.54, 1.807) is 0 Å². The lowest BCUT2D eigenvalue weighted by molar-refractivity contribution is 0.713. The van der Waals surface area contributed by atoms with Crippen LogP contribution >= 0.6 is 0 Å². The van der Waals surface area contributed by atoms with Crippen molar-refractivity contribution in [2.45, 2.75) is 6.04 Å². The average Bonchev–Trinajstić information content (AvgIpc) is 2.58. The summed E-state index contributed by atoms with van der Waals surface area (Å²) >= 11 is 0. The Morgan fingerprint density at radius 1 is 1.55 bits per heavy atom. The molecule has 1 N–H and O–H groups in total. The van der Waals surface area contributed by atoms with E-state index < -0.39 is 0 Å². The second-order valence-electron chi connectivity index (χ2n) is 2.65. The van der Waals surface area contributed by atoms with Crippen molar-refractivity contribution >= 4 is 0 Å². The first-order valence-electron chi connectivity index (χ1n) is 3.83. The Morgan fingerprint density at radius 3 is 3.18 bits per heavy atom. The molecule has 1 aromatic rings. The molecule has 0 bridgehead atoms. The highest BCUT2D eigenvalue weighted by atomic mass is 14.9. The molecule has 0 saturated carbocycles. The zero-order valence-electron chi connectivity index (χ0n) is 6.25. The Morgan fingerprint density at radius 2 is 2.55 bits per heavy atom. The van der Waals surface area contributed by atoms with E-state index in [0.29, 0.717) is 6.04 Å². The van der Waals surface area contributed by atoms with Crippen molar-refractivity contribution in [2.75, 3.05) is 6.54 Å². The van der Waals surface area contributed by atoms with Gasteiger partial charge in [-0.1, -0.05) is 30.4 Å². The summed E-state index contributed by atoms with van der Waals surface area (Å²) in [7, 11) is 0. The van der Waals surface area contributed by atoms with Gasteiger partial charge in [0.1, 0.15) is 0 Å². The van der Waals surface area contributed by atoms with Crippen LogP contribution in [0.3, 0.4) is 0 Å². The molecule has 1 heteroatoms. The Balaban J connectivity index is 2.23. The summed E-state index contributed by atoms with van der Waals surface area (Å²) in [5.74, 6) is 0. The van der Waals surface area contributed by atoms with Crippen molar-refractivity contribution in [2.24, 2.45) is 0 Å². The van der Waals surface area contributed by atoms with Crippen LogP contribution in [-0.4, -0.2) is 6.54 Å². The predicted octanol–water partition coefficient (Wildman–Crippen LogP) is 1.69. The average molecular weight is 144 g/mol. The monoisotopic (exact) mass is 144 g/mol. The Kier molecular flexibility index (Phi) is 1.74. The minimum atomic E-state index is 0.410. The van der Waals surface area contributed by atoms with Gasteiger partial charge in [-0.05, 0) is 17.7 Å². The fourth-order valence-corrected chi connectivity index (χ4v) is 1.30. The third-order valence-corrected chi connectivity index (χ3v) is 1.87. The molecule has 1 aromatic carbocycles. The normalized spacial score (nSPS) is 22.4. The van der Waals surface area contributed by atoms with Gasteiger partial charge in [0.15, 0.2) is 0 Å². The standard InChI is InChI=1S/C10H10N/c1-2-5-9(6-3-1)10-7-4-8-11-10/h1-2,4-7,10-11H,8H2. The van der Waals surface area contributed by atoms with Gasteiger partial charge in [0.2, 0.25) is 0 Å². The summed E-state index contributed by atoms with van der Waals surface area (Å²) in [5.41, 5.74) is 1.29. The van der Waals surface area contributed by atoms with Gasteiger partial charge in [-0.2, -0.15) is 0 Å². The van der Waals surface area contributed by atoms with Crippen molar-refractivity contribution < 1.29 is 0 Å². The number of rotatable bonds is 1. The van der Waals surface area contributed by atoms with Crippen LogP contribution in [-0.2, 0) is 0 Å². The van der Waals surface area contributed by atoms with E-state index in [4.69, 9.17) is 0 Å². The highest BCUT2D eigenvalue weighted by Crippen LogP contribution is 2.15. The van der Waals surface area contributed by atoms with Crippen molar-refractivity contribution in [1.82, 2.24) is 5.32 Å². The van der Waals surface area contributed by atoms with Gasteiger partial charge in [-0.25, -0.2) is 0 Å². The number of nitrogens with one attached hydrogen (secondary N) is 1. The second kappa shape index (κ2) is 2.89. The molecule has 1 aliphatic rings. The zero-order valence-corrected chi connectivity index (χ0v) is 6.25. The van der Waals surface area contributed by atoms with Crippen LogP contribution in [0.25, 0.3) is 0 Å². The molecular formula is C10H10N. The molecule has 0 aromatic heterocycles. The first-order chi connectivity index (χ1) is 5.47. The third-order valence-electron chi connectivity index (χ3n) is 1.87. The van der Waals surface area contributed by atoms with Gasteiger partial charge in [0.25, 0.3) is 0 Å². The highest BCUT2D eigenvalue weighted by molar-refractivity contribution is 5.24. The molecule has 55 valence electrons. The van der Waals surface area contributed by atoms with Crippen molar-refractivity contribution in [3.63, 3.8) is 0 Å². The summed E-state index contributed by atoms with van der Waals surface area (Å²) in [6.07, 6.45) is 4.33. The maximum absolute atomic E-state index is 3.34. The molecule has 1 heterocycles. The van der Waals surface area contributed by atoms with E-state index in [-0.39, 0.29) is 0 Å². The first-order valence-corrected chi connectivity index (χ1v) is 3.83. The van der Waals surface area contributed by atoms with E-state index in [1.165, 1.54) is 5.56 Å². The van der Waals surface area contributed by atoms with Crippen molar-refractivity contribution in [1.29, 1.82) is 0 Å². The summed E-state index contributed by atoms with van der Waals surface area (Å²) in [6.45, 7) is 0.986. The number of hydrogen-bond acceptors (Lipinski definition) is 1. The van der Waals surface area contributed by atoms with Gasteiger partial charge in [0.05, 0.1) is 6.04 Å². The molecule has 0 fully saturated rings. The van der Waals surface area contributed by atoms with Gasteiger partial charge in [-0.3, -0.25) is 0 Å². The van der Waals surface area contributed by atoms with E-state index in [2.05, 4.69) is 29.6 Å². The van der Waals surface area contributed by atoms with E-state index >= 15 is 0 Å². The summed E-state index contributed by atoms with van der Waals surface area (Å²) in [4.78, 5) is 0. The molecule has 1 nitrogen and oxygen atoms in total. The lowest BCUT2D eigenvalue weighted by Gasteiger charge is -2.07. The molecule has 1 aliphatic heterocycles. The number of benzene rings is 1. The highest BCUT2D eigenvalue weighted by Gasteiger charge is 2.08. The quantitative estimate of drug-likeness (QED) is 0.591. The molecule has 0 aliphatic carbocycles. The largest absolute Gasteiger partial charge is 0.303 e. The molecule has 1 radical (unpaired) electrons. The molecule has 1 unspecified atom stereocenters. The maximum atomic E-state index is 3.34. The fourth-order valence-electron chi connectivity index (χ4n) is 1.30. The third kappa shape index (κ3) is 1.33. The van der Waals surface area contributed by atoms with E-state index in [1.807, 2.05) is 18.2 Å². The van der Waals surface area contributed by atoms with Crippen LogP contribution in [0.4, 0.5) is 0 Å². The van der Waals surface area contributed by atoms with E-state index in [0.717, 1.165) is 6.54 Å². The molecular weight excluding hydrogens is 134 g/mol. The molecule has 0 saturated heterocycles. The second-order valence-corrected chi connectivity index (χ2v) is 2.65. The minimum absolute atomic E-state index is 0.410. The van der Waals surface area contributed by atoms with Gasteiger partial charge < -0.3 is 5.32 Å². The maximum Gasteiger partial charge on any atom is 0.0509 e. The van der Waals surface area contributed by atoms with Crippen LogP contribution in [0.5, 0.6) is 0 Å². The lowest BCUT2D eigenvalue weighted by Crippen LogP contribution is -2.13. The lowest BCUT2D eigenvalue weighted by atomic mass is 10.1. The molecule has 0 amide bonds. The zero-order chi connectivity index (χ0) is 7.52. The molecule has 11 heavy (non-hydrogen) atoms. The van der Waals surface area contributed by atoms with Gasteiger partial charge in [0, 0.05) is 6.54 Å². The molecule has 2 rings (SSSR count). The Labute approximate surface area is 66.7 Å². The van der Waals surface area contributed by atoms with Crippen LogP contribution in [0, 0.1) is 6.07 Å². The van der Waals surface area contributed by atoms with Gasteiger partial charge >= 0.3 is 0 Å². The SMILES string of the molecule is [c]1cccc(C2C=CCN2)c1. The van der Waals surface area contributed by atoms with Crippen LogP contribution < -0.4 is 5.32 Å². The summed E-state index contributed by atoms with van der Waals surface area (Å²) < 4.78 is 0. The Hall–Kier alpha value is -1.08. The summed E-state index contributed by atoms with van der Waals surface area (Å²) in [5, 5.41) is 3.34. The first kappa shape index (κ1) is 6.62. The van der Waals surface area contributed by atoms with E-state index in [9.17, 15) is 0 Å². The summed E-state index contributed by atoms with van der Waals surface area (Å²) in [6, 6.07) is 11.5. The van der Waals surface area contributed by atoms with Crippen molar-refractivity contribution in [3.05, 3.63) is 48.0 Å². The topological polar surface area (TPSA) is 12.0 Å². The molecule has 1 atom stereocenters. The van der Waals surface area contributed by atoms with Crippen molar-refractivity contribution in [3.8, 4) is 0 Å². The van der Waals surface area contributed by atoms with Crippen LogP contribution in [0.2, 0.25) is 0 Å². The van der Waals surface area contributed by atoms with Crippen LogP contribution in [0.1, 0.15) is 11.6 Å². The molecule has 0 spiro atoms. The number of hydrogen-bond donors (Lipinski definition) is 1. The minimum Gasteiger partial charge on any atom is -0.303 e. The smallest absolute Gasteiger partial charge is 0.0509 e. The van der Waals surface area contributed by atoms with Crippen LogP contribution in [0.15, 0.2) is 36.4 Å².